The second-order valence-electron chi connectivity index (χ2n) is 3.95. The zero-order valence-electron chi connectivity index (χ0n) is 10.8. The second-order valence-corrected chi connectivity index (χ2v) is 3.95. The largest absolute Gasteiger partial charge is 2.00 e. The van der Waals surface area contributed by atoms with Crippen molar-refractivity contribution in [3.05, 3.63) is 96.1 Å². The van der Waals surface area contributed by atoms with Crippen molar-refractivity contribution in [2.75, 3.05) is 0 Å². The van der Waals surface area contributed by atoms with E-state index in [1.165, 1.54) is 0 Å². The Balaban J connectivity index is 0.000000283. The molecule has 102 valence electrons. The molecule has 0 amide bonds. The zero-order chi connectivity index (χ0) is 13.3. The number of hydrogen-bond acceptors (Lipinski definition) is 2. The molecule has 2 nitrogen and oxygen atoms in total. The summed E-state index contributed by atoms with van der Waals surface area (Å²) >= 11 is 0. The summed E-state index contributed by atoms with van der Waals surface area (Å²) in [6.07, 6.45) is 0. The van der Waals surface area contributed by atoms with Crippen LogP contribution in [-0.2, 0) is 17.1 Å². The predicted octanol–water partition coefficient (Wildman–Crippen LogP) is 4.04. The van der Waals surface area contributed by atoms with Crippen LogP contribution >= 0.6 is 0 Å². The topological polar surface area (TPSA) is 32.6 Å². The Bertz CT molecular complexity index is 566. The van der Waals surface area contributed by atoms with Gasteiger partial charge in [0.2, 0.25) is 0 Å². The predicted molar refractivity (Wildman–Crippen MR) is 77.9 cm³/mol. The van der Waals surface area contributed by atoms with Crippen LogP contribution in [0.25, 0.3) is 0 Å². The molecule has 0 aliphatic rings. The van der Waals surface area contributed by atoms with Crippen molar-refractivity contribution in [2.24, 2.45) is 5.16 Å². The fourth-order valence-corrected chi connectivity index (χ4v) is 1.73. The molecular formula is C17H15FeNO. The Morgan fingerprint density at radius 2 is 1.50 bits per heavy atom. The van der Waals surface area contributed by atoms with E-state index in [9.17, 15) is 0 Å². The summed E-state index contributed by atoms with van der Waals surface area (Å²) in [6, 6.07) is 27.3. The molecule has 3 heteroatoms. The van der Waals surface area contributed by atoms with Crippen molar-refractivity contribution < 1.29 is 22.3 Å². The molecule has 3 aromatic rings. The molecule has 0 unspecified atom stereocenters. The van der Waals surface area contributed by atoms with Crippen LogP contribution in [-0.4, -0.2) is 10.9 Å². The third kappa shape index (κ3) is 4.54. The van der Waals surface area contributed by atoms with Gasteiger partial charge in [0.15, 0.2) is 0 Å². The quantitative estimate of drug-likeness (QED) is 0.250. The first-order valence-corrected chi connectivity index (χ1v) is 6.08. The first kappa shape index (κ1) is 16.0. The SMILES string of the molecule is ON=C(c1ccccc1)[c-]1cccc1.[Fe+2].c1cc[cH-]c1. The minimum atomic E-state index is 0. The molecule has 0 bridgehead atoms. The molecule has 3 rings (SSSR count). The Hall–Kier alpha value is -2.09. The number of oxime groups is 1. The number of nitrogens with zero attached hydrogens (tertiary/aromatic N) is 1. The Labute approximate surface area is 129 Å². The van der Waals surface area contributed by atoms with Crippen molar-refractivity contribution in [3.63, 3.8) is 0 Å². The molecule has 0 fully saturated rings. The van der Waals surface area contributed by atoms with Crippen molar-refractivity contribution in [3.8, 4) is 0 Å². The number of rotatable bonds is 2. The van der Waals surface area contributed by atoms with Crippen LogP contribution in [0.5, 0.6) is 0 Å². The van der Waals surface area contributed by atoms with Gasteiger partial charge in [-0.3, -0.25) is 0 Å². The monoisotopic (exact) mass is 305 g/mol. The van der Waals surface area contributed by atoms with Crippen LogP contribution in [0.3, 0.4) is 0 Å². The van der Waals surface area contributed by atoms with E-state index in [1.54, 1.807) is 0 Å². The molecule has 0 radical (unpaired) electrons. The van der Waals surface area contributed by atoms with E-state index in [1.807, 2.05) is 84.9 Å². The normalized spacial score (nSPS) is 10.1. The number of hydrogen-bond donors (Lipinski definition) is 1. The van der Waals surface area contributed by atoms with Crippen LogP contribution in [0.1, 0.15) is 11.1 Å². The Morgan fingerprint density at radius 1 is 0.900 bits per heavy atom. The van der Waals surface area contributed by atoms with Gasteiger partial charge in [-0.05, 0) is 0 Å². The molecule has 0 saturated carbocycles. The smallest absolute Gasteiger partial charge is 0.412 e. The number of benzene rings is 1. The van der Waals surface area contributed by atoms with Crippen LogP contribution in [0.4, 0.5) is 0 Å². The van der Waals surface area contributed by atoms with Gasteiger partial charge in [0.05, 0.1) is 0 Å². The average molecular weight is 305 g/mol. The van der Waals surface area contributed by atoms with E-state index < -0.39 is 0 Å². The molecule has 0 spiro atoms. The third-order valence-corrected chi connectivity index (χ3v) is 2.64. The van der Waals surface area contributed by atoms with Crippen LogP contribution < -0.4 is 0 Å². The van der Waals surface area contributed by atoms with Gasteiger partial charge in [0.25, 0.3) is 0 Å². The zero-order valence-corrected chi connectivity index (χ0v) is 11.9. The van der Waals surface area contributed by atoms with Crippen LogP contribution in [0.15, 0.2) is 90.1 Å². The summed E-state index contributed by atoms with van der Waals surface area (Å²) < 4.78 is 0. The van der Waals surface area contributed by atoms with E-state index in [2.05, 4.69) is 5.16 Å². The summed E-state index contributed by atoms with van der Waals surface area (Å²) in [6.45, 7) is 0. The van der Waals surface area contributed by atoms with E-state index in [-0.39, 0.29) is 17.1 Å². The maximum absolute atomic E-state index is 8.94. The van der Waals surface area contributed by atoms with Gasteiger partial charge in [-0.25, -0.2) is 12.1 Å². The van der Waals surface area contributed by atoms with Gasteiger partial charge < -0.3 is 5.21 Å². The fourth-order valence-electron chi connectivity index (χ4n) is 1.73. The van der Waals surface area contributed by atoms with Crippen LogP contribution in [0.2, 0.25) is 0 Å². The Kier molecular flexibility index (Phi) is 7.12. The molecule has 0 aromatic heterocycles. The average Bonchev–Trinajstić information content (AvgIpc) is 3.17. The van der Waals surface area contributed by atoms with Gasteiger partial charge in [-0.2, -0.15) is 30.3 Å². The molecule has 20 heavy (non-hydrogen) atoms. The molecule has 0 saturated heterocycles. The van der Waals surface area contributed by atoms with Gasteiger partial charge >= 0.3 is 17.1 Å². The van der Waals surface area contributed by atoms with E-state index in [4.69, 9.17) is 5.21 Å². The van der Waals surface area contributed by atoms with E-state index >= 15 is 0 Å². The van der Waals surface area contributed by atoms with Gasteiger partial charge in [-0.1, -0.05) is 41.5 Å². The summed E-state index contributed by atoms with van der Waals surface area (Å²) in [5.74, 6) is 0. The summed E-state index contributed by atoms with van der Waals surface area (Å²) in [4.78, 5) is 0. The van der Waals surface area contributed by atoms with Crippen molar-refractivity contribution in [1.82, 2.24) is 0 Å². The summed E-state index contributed by atoms with van der Waals surface area (Å²) in [5, 5.41) is 12.3. The van der Waals surface area contributed by atoms with E-state index in [0.29, 0.717) is 5.71 Å². The van der Waals surface area contributed by atoms with Crippen LogP contribution in [0, 0.1) is 0 Å². The first-order chi connectivity index (χ1) is 9.42. The fraction of sp³-hybridized carbons (Fsp3) is 0. The van der Waals surface area contributed by atoms with Gasteiger partial charge in [-0.15, -0.1) is 17.3 Å². The van der Waals surface area contributed by atoms with Gasteiger partial charge in [0, 0.05) is 5.71 Å². The molecule has 3 aromatic carbocycles. The van der Waals surface area contributed by atoms with Crippen molar-refractivity contribution >= 4 is 5.71 Å². The molecule has 0 heterocycles. The Morgan fingerprint density at radius 3 is 1.95 bits per heavy atom. The molecule has 0 atom stereocenters. The molecule has 0 aliphatic heterocycles. The van der Waals surface area contributed by atoms with E-state index in [0.717, 1.165) is 11.1 Å². The second kappa shape index (κ2) is 8.92. The summed E-state index contributed by atoms with van der Waals surface area (Å²) in [5.41, 5.74) is 2.45. The van der Waals surface area contributed by atoms with Crippen molar-refractivity contribution in [2.45, 2.75) is 0 Å². The maximum atomic E-state index is 8.94. The maximum Gasteiger partial charge on any atom is 2.00 e. The third-order valence-electron chi connectivity index (χ3n) is 2.64. The molecular weight excluding hydrogens is 290 g/mol. The standard InChI is InChI=1S/C12H10NO.C5H5.Fe/c14-13-12(11-8-4-5-9-11)10-6-2-1-3-7-10;1-2-4-5-3-1;/h1-9,14H;1-5H;/q2*-1;+2. The minimum absolute atomic E-state index is 0. The van der Waals surface area contributed by atoms with Gasteiger partial charge in [0.1, 0.15) is 0 Å². The molecule has 1 N–H and O–H groups in total. The van der Waals surface area contributed by atoms with Crippen molar-refractivity contribution in [1.29, 1.82) is 0 Å². The minimum Gasteiger partial charge on any atom is -0.412 e. The first-order valence-electron chi connectivity index (χ1n) is 6.08. The summed E-state index contributed by atoms with van der Waals surface area (Å²) in [7, 11) is 0. The molecule has 0 aliphatic carbocycles.